The van der Waals surface area contributed by atoms with Gasteiger partial charge in [-0.2, -0.15) is 0 Å². The van der Waals surface area contributed by atoms with Crippen LogP contribution in [0.3, 0.4) is 0 Å². The van der Waals surface area contributed by atoms with Gasteiger partial charge in [-0.05, 0) is 65.7 Å². The highest BCUT2D eigenvalue weighted by Gasteiger charge is 2.33. The molecule has 40 heavy (non-hydrogen) atoms. The minimum absolute atomic E-state index is 0.132. The van der Waals surface area contributed by atoms with Crippen LogP contribution in [0.4, 0.5) is 5.13 Å². The van der Waals surface area contributed by atoms with Gasteiger partial charge in [0.25, 0.3) is 5.56 Å². The van der Waals surface area contributed by atoms with Crippen LogP contribution in [-0.4, -0.2) is 61.3 Å². The van der Waals surface area contributed by atoms with E-state index in [0.717, 1.165) is 64.6 Å². The molecule has 0 saturated carbocycles. The lowest BCUT2D eigenvalue weighted by Crippen LogP contribution is -2.49. The zero-order chi connectivity index (χ0) is 27.2. The molecule has 11 heteroatoms. The van der Waals surface area contributed by atoms with Crippen LogP contribution in [0.1, 0.15) is 34.3 Å². The monoisotopic (exact) mass is 552 g/mol. The fourth-order valence-electron chi connectivity index (χ4n) is 5.53. The first kappa shape index (κ1) is 24.7. The molecular weight excluding hydrogens is 524 g/mol. The van der Waals surface area contributed by atoms with Crippen LogP contribution in [0.2, 0.25) is 0 Å². The lowest BCUT2D eigenvalue weighted by molar-refractivity contribution is 0.200. The topological polar surface area (TPSA) is 109 Å². The van der Waals surface area contributed by atoms with E-state index in [1.54, 1.807) is 22.3 Å². The largest absolute Gasteiger partial charge is 0.467 e. The third-order valence-electron chi connectivity index (χ3n) is 7.69. The summed E-state index contributed by atoms with van der Waals surface area (Å²) in [6.45, 7) is 7.45. The van der Waals surface area contributed by atoms with Gasteiger partial charge in [0.1, 0.15) is 18.3 Å². The van der Waals surface area contributed by atoms with Crippen molar-refractivity contribution in [2.75, 3.05) is 31.1 Å². The van der Waals surface area contributed by atoms with Crippen molar-refractivity contribution in [1.82, 2.24) is 35.1 Å². The Balaban J connectivity index is 1.27. The van der Waals surface area contributed by atoms with E-state index in [1.807, 2.05) is 43.3 Å². The molecule has 1 aliphatic heterocycles. The second-order valence-corrected chi connectivity index (χ2v) is 11.2. The maximum atomic E-state index is 13.7. The normalized spacial score (nSPS) is 15.3. The lowest BCUT2D eigenvalue weighted by atomic mass is 9.99. The van der Waals surface area contributed by atoms with Gasteiger partial charge in [-0.1, -0.05) is 35.6 Å². The first-order valence-corrected chi connectivity index (χ1v) is 14.1. The van der Waals surface area contributed by atoms with E-state index >= 15 is 0 Å². The molecule has 1 N–H and O–H groups in total. The third-order valence-corrected chi connectivity index (χ3v) is 8.79. The Morgan fingerprint density at radius 2 is 1.85 bits per heavy atom. The predicted octanol–water partition coefficient (Wildman–Crippen LogP) is 4.29. The minimum atomic E-state index is -0.435. The van der Waals surface area contributed by atoms with Crippen molar-refractivity contribution in [3.63, 3.8) is 0 Å². The Bertz CT molecular complexity index is 1830. The minimum Gasteiger partial charge on any atom is -0.467 e. The van der Waals surface area contributed by atoms with Crippen LogP contribution in [0.25, 0.3) is 21.1 Å². The van der Waals surface area contributed by atoms with Gasteiger partial charge >= 0.3 is 0 Å². The van der Waals surface area contributed by atoms with Crippen LogP contribution in [-0.2, 0) is 6.54 Å². The van der Waals surface area contributed by atoms with Gasteiger partial charge in [-0.15, -0.1) is 5.10 Å². The summed E-state index contributed by atoms with van der Waals surface area (Å²) in [6, 6.07) is 17.7. The number of anilines is 1. The molecule has 4 aromatic heterocycles. The standard InChI is InChI=1S/C29H28N8O2S/c1-18-9-10-19(2)25-21(18)16-22(28(38)31-25)26(27-32-33-34-37(27)17-20-6-5-15-39-20)35-11-13-36(14-12-35)29-30-23-7-3-4-8-24(23)40-29/h3-10,15-16,26H,11-14,17H2,1-2H3,(H,31,38). The number of thiazole rings is 1. The summed E-state index contributed by atoms with van der Waals surface area (Å²) in [4.78, 5) is 26.3. The van der Waals surface area contributed by atoms with Crippen LogP contribution in [0, 0.1) is 13.8 Å². The number of H-pyrrole nitrogens is 1. The SMILES string of the molecule is Cc1ccc(C)c2[nH]c(=O)c(C(c3nnnn3Cc3ccco3)N3CCN(c4nc5ccccc5s4)CC3)cc12. The second-order valence-electron chi connectivity index (χ2n) is 10.2. The molecule has 0 bridgehead atoms. The molecule has 1 saturated heterocycles. The Labute approximate surface area is 233 Å². The number of nitrogens with one attached hydrogen (secondary N) is 1. The van der Waals surface area contributed by atoms with Crippen molar-refractivity contribution < 1.29 is 4.42 Å². The molecule has 7 rings (SSSR count). The van der Waals surface area contributed by atoms with Crippen LogP contribution in [0.15, 0.2) is 70.1 Å². The number of fused-ring (bicyclic) bond motifs is 2. The summed E-state index contributed by atoms with van der Waals surface area (Å²) in [5.41, 5.74) is 4.52. The highest BCUT2D eigenvalue weighted by atomic mass is 32.1. The maximum Gasteiger partial charge on any atom is 0.253 e. The number of aryl methyl sites for hydroxylation is 2. The third kappa shape index (κ3) is 4.37. The number of nitrogens with zero attached hydrogens (tertiary/aromatic N) is 7. The number of para-hydroxylation sites is 1. The van der Waals surface area contributed by atoms with Gasteiger partial charge in [0.05, 0.1) is 22.0 Å². The number of hydrogen-bond acceptors (Lipinski definition) is 9. The van der Waals surface area contributed by atoms with Crippen molar-refractivity contribution >= 4 is 37.6 Å². The molecule has 0 spiro atoms. The molecule has 0 amide bonds. The molecule has 1 unspecified atom stereocenters. The number of pyridine rings is 1. The quantitative estimate of drug-likeness (QED) is 0.326. The summed E-state index contributed by atoms with van der Waals surface area (Å²) in [5.74, 6) is 1.35. The number of benzene rings is 2. The number of hydrogen-bond donors (Lipinski definition) is 1. The van der Waals surface area contributed by atoms with Gasteiger partial charge in [0.2, 0.25) is 0 Å². The molecule has 0 radical (unpaired) electrons. The molecule has 0 aliphatic carbocycles. The zero-order valence-corrected chi connectivity index (χ0v) is 23.1. The average Bonchev–Trinajstić information content (AvgIpc) is 3.74. The Morgan fingerprint density at radius 3 is 2.65 bits per heavy atom. The first-order chi connectivity index (χ1) is 19.5. The average molecular weight is 553 g/mol. The Kier molecular flexibility index (Phi) is 6.17. The summed E-state index contributed by atoms with van der Waals surface area (Å²) in [5, 5.41) is 14.8. The summed E-state index contributed by atoms with van der Waals surface area (Å²) in [7, 11) is 0. The van der Waals surface area contributed by atoms with E-state index < -0.39 is 6.04 Å². The van der Waals surface area contributed by atoms with Crippen LogP contribution in [0.5, 0.6) is 0 Å². The van der Waals surface area contributed by atoms with Gasteiger partial charge in [-0.3, -0.25) is 9.69 Å². The highest BCUT2D eigenvalue weighted by molar-refractivity contribution is 7.22. The van der Waals surface area contributed by atoms with Crippen molar-refractivity contribution in [2.45, 2.75) is 26.4 Å². The van der Waals surface area contributed by atoms with Gasteiger partial charge in [-0.25, -0.2) is 9.67 Å². The van der Waals surface area contributed by atoms with Crippen molar-refractivity contribution in [1.29, 1.82) is 0 Å². The molecule has 2 aromatic carbocycles. The van der Waals surface area contributed by atoms with Crippen LogP contribution < -0.4 is 10.5 Å². The molecule has 5 heterocycles. The van der Waals surface area contributed by atoms with Gasteiger partial charge in [0, 0.05) is 37.1 Å². The predicted molar refractivity (Wildman–Crippen MR) is 155 cm³/mol. The fraction of sp³-hybridized carbons (Fsp3) is 0.276. The number of aromatic nitrogens is 6. The maximum absolute atomic E-state index is 13.7. The number of piperazine rings is 1. The smallest absolute Gasteiger partial charge is 0.253 e. The van der Waals surface area contributed by atoms with Crippen molar-refractivity contribution in [3.8, 4) is 0 Å². The summed E-state index contributed by atoms with van der Waals surface area (Å²) >= 11 is 1.71. The number of aromatic amines is 1. The molecule has 202 valence electrons. The van der Waals surface area contributed by atoms with Gasteiger partial charge in [0.15, 0.2) is 11.0 Å². The van der Waals surface area contributed by atoms with E-state index in [9.17, 15) is 4.79 Å². The Morgan fingerprint density at radius 1 is 1.02 bits per heavy atom. The molecule has 1 atom stereocenters. The number of tetrazole rings is 1. The molecule has 1 fully saturated rings. The van der Waals surface area contributed by atoms with Gasteiger partial charge < -0.3 is 14.3 Å². The van der Waals surface area contributed by atoms with E-state index in [-0.39, 0.29) is 5.56 Å². The Hall–Kier alpha value is -4.35. The van der Waals surface area contributed by atoms with Crippen molar-refractivity contribution in [2.24, 2.45) is 0 Å². The molecular formula is C29H28N8O2S. The van der Waals surface area contributed by atoms with E-state index in [1.165, 1.54) is 4.70 Å². The highest BCUT2D eigenvalue weighted by Crippen LogP contribution is 2.33. The van der Waals surface area contributed by atoms with Crippen LogP contribution >= 0.6 is 11.3 Å². The zero-order valence-electron chi connectivity index (χ0n) is 22.2. The number of rotatable bonds is 6. The van der Waals surface area contributed by atoms with E-state index in [4.69, 9.17) is 9.40 Å². The summed E-state index contributed by atoms with van der Waals surface area (Å²) in [6.07, 6.45) is 1.64. The van der Waals surface area contributed by atoms with E-state index in [0.29, 0.717) is 17.9 Å². The lowest BCUT2D eigenvalue weighted by Gasteiger charge is -2.38. The first-order valence-electron chi connectivity index (χ1n) is 13.3. The number of furan rings is 1. The second kappa shape index (κ2) is 10.00. The molecule has 6 aromatic rings. The van der Waals surface area contributed by atoms with Crippen molar-refractivity contribution in [3.05, 3.63) is 99.5 Å². The van der Waals surface area contributed by atoms with E-state index in [2.05, 4.69) is 55.4 Å². The molecule has 10 nitrogen and oxygen atoms in total. The fourth-order valence-corrected chi connectivity index (χ4v) is 6.55. The summed E-state index contributed by atoms with van der Waals surface area (Å²) < 4.78 is 8.50. The molecule has 1 aliphatic rings.